The van der Waals surface area contributed by atoms with Gasteiger partial charge in [-0.1, -0.05) is 20.4 Å². The van der Waals surface area contributed by atoms with Gasteiger partial charge in [0.05, 0.1) is 0 Å². The first-order chi connectivity index (χ1) is 7.20. The predicted octanol–water partition coefficient (Wildman–Crippen LogP) is 3.63. The standard InChI is InChI=1S/C8H11BrN.C5H5.Fe/c1-10(2)6-7-4-3-5-8(7)9;1-2-4-5-3-1;/h3-5H,6H2,1-2H3;1-5H;/q2*-1;+2. The maximum Gasteiger partial charge on any atom is 2.00 e. The van der Waals surface area contributed by atoms with Crippen LogP contribution in [-0.4, -0.2) is 19.0 Å². The largest absolute Gasteiger partial charge is 2.00 e. The third-order valence-electron chi connectivity index (χ3n) is 1.89. The van der Waals surface area contributed by atoms with Crippen molar-refractivity contribution < 1.29 is 17.1 Å². The quantitative estimate of drug-likeness (QED) is 0.603. The van der Waals surface area contributed by atoms with E-state index in [4.69, 9.17) is 0 Å². The van der Waals surface area contributed by atoms with Crippen LogP contribution >= 0.6 is 15.9 Å². The summed E-state index contributed by atoms with van der Waals surface area (Å²) >= 11 is 3.47. The summed E-state index contributed by atoms with van der Waals surface area (Å²) in [6.07, 6.45) is 0. The molecule has 3 heteroatoms. The first-order valence-corrected chi connectivity index (χ1v) is 5.71. The smallest absolute Gasteiger partial charge is 0.316 e. The molecule has 2 aromatic carbocycles. The SMILES string of the molecule is CN(C)C[c-]1cccc1Br.[Fe+2].c1cc[cH-]c1. The number of hydrogen-bond acceptors (Lipinski definition) is 1. The maximum atomic E-state index is 3.47. The molecule has 0 unspecified atom stereocenters. The minimum atomic E-state index is 0. The molecular formula is C13H16BrFeN. The number of hydrogen-bond donors (Lipinski definition) is 0. The van der Waals surface area contributed by atoms with Crippen molar-refractivity contribution in [2.75, 3.05) is 14.1 Å². The average Bonchev–Trinajstić information content (AvgIpc) is 2.80. The molecule has 0 N–H and O–H groups in total. The molecule has 0 aliphatic rings. The fourth-order valence-electron chi connectivity index (χ4n) is 1.23. The minimum absolute atomic E-state index is 0. The molecule has 0 heterocycles. The van der Waals surface area contributed by atoms with Crippen molar-refractivity contribution >= 4 is 15.9 Å². The van der Waals surface area contributed by atoms with Gasteiger partial charge in [0.15, 0.2) is 0 Å². The Morgan fingerprint density at radius 1 is 1.25 bits per heavy atom. The fraction of sp³-hybridized carbons (Fsp3) is 0.231. The van der Waals surface area contributed by atoms with Crippen LogP contribution in [0.15, 0.2) is 53.0 Å². The van der Waals surface area contributed by atoms with E-state index in [-0.39, 0.29) is 17.1 Å². The zero-order valence-electron chi connectivity index (χ0n) is 9.50. The third-order valence-corrected chi connectivity index (χ3v) is 2.66. The van der Waals surface area contributed by atoms with E-state index in [1.165, 1.54) is 10.0 Å². The first-order valence-electron chi connectivity index (χ1n) is 4.91. The fourth-order valence-corrected chi connectivity index (χ4v) is 1.64. The van der Waals surface area contributed by atoms with E-state index in [9.17, 15) is 0 Å². The van der Waals surface area contributed by atoms with Crippen LogP contribution in [0.2, 0.25) is 0 Å². The van der Waals surface area contributed by atoms with Crippen molar-refractivity contribution in [2.24, 2.45) is 0 Å². The van der Waals surface area contributed by atoms with Crippen LogP contribution in [0.3, 0.4) is 0 Å². The van der Waals surface area contributed by atoms with Crippen LogP contribution in [0.5, 0.6) is 0 Å². The second kappa shape index (κ2) is 8.77. The van der Waals surface area contributed by atoms with Crippen molar-refractivity contribution in [1.82, 2.24) is 4.90 Å². The van der Waals surface area contributed by atoms with Crippen LogP contribution < -0.4 is 0 Å². The second-order valence-corrected chi connectivity index (χ2v) is 4.45. The molecule has 0 spiro atoms. The van der Waals surface area contributed by atoms with E-state index in [1.54, 1.807) is 0 Å². The van der Waals surface area contributed by atoms with Gasteiger partial charge in [0.1, 0.15) is 0 Å². The summed E-state index contributed by atoms with van der Waals surface area (Å²) in [6, 6.07) is 16.3. The summed E-state index contributed by atoms with van der Waals surface area (Å²) in [5, 5.41) is 0. The third kappa shape index (κ3) is 6.29. The van der Waals surface area contributed by atoms with E-state index in [1.807, 2.05) is 30.3 Å². The zero-order valence-corrected chi connectivity index (χ0v) is 12.2. The van der Waals surface area contributed by atoms with E-state index in [2.05, 4.69) is 53.1 Å². The molecule has 0 amide bonds. The Morgan fingerprint density at radius 2 is 1.88 bits per heavy atom. The van der Waals surface area contributed by atoms with Crippen molar-refractivity contribution in [1.29, 1.82) is 0 Å². The summed E-state index contributed by atoms with van der Waals surface area (Å²) in [6.45, 7) is 1.01. The van der Waals surface area contributed by atoms with Crippen LogP contribution in [-0.2, 0) is 23.6 Å². The van der Waals surface area contributed by atoms with E-state index < -0.39 is 0 Å². The van der Waals surface area contributed by atoms with Crippen LogP contribution in [0.1, 0.15) is 5.56 Å². The van der Waals surface area contributed by atoms with Gasteiger partial charge in [-0.15, -0.1) is 5.56 Å². The molecule has 0 saturated heterocycles. The zero-order chi connectivity index (χ0) is 11.1. The molecule has 2 rings (SSSR count). The first kappa shape index (κ1) is 15.7. The molecular weight excluding hydrogens is 306 g/mol. The van der Waals surface area contributed by atoms with E-state index in [0.717, 1.165) is 6.54 Å². The van der Waals surface area contributed by atoms with Gasteiger partial charge in [-0.2, -0.15) is 30.3 Å². The normalized spacial score (nSPS) is 9.25. The van der Waals surface area contributed by atoms with Crippen molar-refractivity contribution in [3.05, 3.63) is 58.6 Å². The monoisotopic (exact) mass is 321 g/mol. The molecule has 88 valence electrons. The van der Waals surface area contributed by atoms with Gasteiger partial charge in [0.2, 0.25) is 0 Å². The molecule has 0 saturated carbocycles. The number of halogens is 1. The van der Waals surface area contributed by atoms with E-state index >= 15 is 0 Å². The summed E-state index contributed by atoms with van der Waals surface area (Å²) < 4.78 is 1.21. The van der Waals surface area contributed by atoms with Crippen LogP contribution in [0.4, 0.5) is 0 Å². The molecule has 0 fully saturated rings. The topological polar surface area (TPSA) is 3.24 Å². The van der Waals surface area contributed by atoms with Gasteiger partial charge >= 0.3 is 17.1 Å². The Bertz CT molecular complexity index is 334. The Labute approximate surface area is 117 Å². The summed E-state index contributed by atoms with van der Waals surface area (Å²) in [7, 11) is 4.14. The van der Waals surface area contributed by atoms with Crippen molar-refractivity contribution in [3.63, 3.8) is 0 Å². The molecule has 0 atom stereocenters. The van der Waals surface area contributed by atoms with Crippen molar-refractivity contribution in [2.45, 2.75) is 6.54 Å². The second-order valence-electron chi connectivity index (χ2n) is 3.60. The van der Waals surface area contributed by atoms with Gasteiger partial charge in [0, 0.05) is 0 Å². The van der Waals surface area contributed by atoms with Crippen molar-refractivity contribution in [3.8, 4) is 0 Å². The summed E-state index contributed by atoms with van der Waals surface area (Å²) in [4.78, 5) is 2.15. The summed E-state index contributed by atoms with van der Waals surface area (Å²) in [5.41, 5.74) is 1.35. The number of rotatable bonds is 2. The Balaban J connectivity index is 0.000000318. The molecule has 0 bridgehead atoms. The van der Waals surface area contributed by atoms with Gasteiger partial charge < -0.3 is 4.90 Å². The van der Waals surface area contributed by atoms with Gasteiger partial charge in [0.25, 0.3) is 0 Å². The molecule has 0 aromatic heterocycles. The Hall–Kier alpha value is -0.341. The molecule has 16 heavy (non-hydrogen) atoms. The molecule has 0 radical (unpaired) electrons. The molecule has 0 aliphatic carbocycles. The number of nitrogens with zero attached hydrogens (tertiary/aromatic N) is 1. The minimum Gasteiger partial charge on any atom is -0.316 e. The van der Waals surface area contributed by atoms with Crippen LogP contribution in [0, 0.1) is 0 Å². The molecule has 0 aliphatic heterocycles. The molecule has 2 aromatic rings. The Kier molecular flexibility index (Phi) is 8.58. The van der Waals surface area contributed by atoms with Crippen LogP contribution in [0.25, 0.3) is 0 Å². The summed E-state index contributed by atoms with van der Waals surface area (Å²) in [5.74, 6) is 0. The van der Waals surface area contributed by atoms with E-state index in [0.29, 0.717) is 0 Å². The maximum absolute atomic E-state index is 3.47. The average molecular weight is 322 g/mol. The molecule has 1 nitrogen and oxygen atoms in total. The van der Waals surface area contributed by atoms with Gasteiger partial charge in [-0.25, -0.2) is 18.2 Å². The predicted molar refractivity (Wildman–Crippen MR) is 69.2 cm³/mol. The van der Waals surface area contributed by atoms with Gasteiger partial charge in [-0.05, 0) is 20.6 Å². The van der Waals surface area contributed by atoms with Gasteiger partial charge in [-0.3, -0.25) is 0 Å². The Morgan fingerprint density at radius 3 is 2.19 bits per heavy atom.